The van der Waals surface area contributed by atoms with Gasteiger partial charge in [-0.1, -0.05) is 27.2 Å². The van der Waals surface area contributed by atoms with Gasteiger partial charge >= 0.3 is 0 Å². The Hall–Kier alpha value is -0.610. The topological polar surface area (TPSA) is 41.6 Å². The second kappa shape index (κ2) is 8.30. The van der Waals surface area contributed by atoms with Crippen molar-refractivity contribution in [2.24, 2.45) is 17.8 Å². The molecule has 4 heteroatoms. The van der Waals surface area contributed by atoms with Crippen LogP contribution in [0, 0.1) is 17.8 Å². The first kappa shape index (κ1) is 19.4. The van der Waals surface area contributed by atoms with Gasteiger partial charge in [-0.2, -0.15) is 0 Å². The van der Waals surface area contributed by atoms with Crippen molar-refractivity contribution in [3.63, 3.8) is 0 Å². The maximum Gasteiger partial charge on any atom is 0.246 e. The summed E-state index contributed by atoms with van der Waals surface area (Å²) in [5.41, 5.74) is -0.0462. The van der Waals surface area contributed by atoms with Crippen molar-refractivity contribution in [1.29, 1.82) is 0 Å². The van der Waals surface area contributed by atoms with E-state index in [1.807, 2.05) is 14.1 Å². The normalized spacial score (nSPS) is 26.5. The smallest absolute Gasteiger partial charge is 0.246 e. The van der Waals surface area contributed by atoms with Gasteiger partial charge in [-0.05, 0) is 58.5 Å². The molecule has 1 aliphatic carbocycles. The number of hydrogen-bond acceptors (Lipinski definition) is 3. The summed E-state index contributed by atoms with van der Waals surface area (Å²) < 4.78 is 5.99. The van der Waals surface area contributed by atoms with Gasteiger partial charge in [-0.15, -0.1) is 0 Å². The Bertz CT molecular complexity index is 353. The van der Waals surface area contributed by atoms with Crippen LogP contribution in [0.1, 0.15) is 53.9 Å². The highest BCUT2D eigenvalue weighted by atomic mass is 16.5. The third-order valence-corrected chi connectivity index (χ3v) is 5.32. The van der Waals surface area contributed by atoms with Crippen LogP contribution in [-0.2, 0) is 9.53 Å². The minimum atomic E-state index is -0.0462. The second-order valence-electron chi connectivity index (χ2n) is 8.16. The Morgan fingerprint density at radius 2 is 1.95 bits per heavy atom. The third-order valence-electron chi connectivity index (χ3n) is 5.32. The lowest BCUT2D eigenvalue weighted by Crippen LogP contribution is -2.49. The van der Waals surface area contributed by atoms with Gasteiger partial charge in [-0.25, -0.2) is 0 Å². The number of hydrogen-bond donors (Lipinski definition) is 1. The fourth-order valence-corrected chi connectivity index (χ4v) is 3.01. The van der Waals surface area contributed by atoms with Crippen LogP contribution in [0.3, 0.4) is 0 Å². The van der Waals surface area contributed by atoms with E-state index in [0.717, 1.165) is 6.42 Å². The summed E-state index contributed by atoms with van der Waals surface area (Å²) in [6.45, 7) is 11.9. The molecule has 0 aromatic carbocycles. The summed E-state index contributed by atoms with van der Waals surface area (Å²) in [5, 5.41) is 2.99. The summed E-state index contributed by atoms with van der Waals surface area (Å²) in [6.07, 6.45) is 3.82. The average molecular weight is 312 g/mol. The first-order valence-electron chi connectivity index (χ1n) is 8.69. The van der Waals surface area contributed by atoms with Crippen molar-refractivity contribution in [1.82, 2.24) is 10.2 Å². The minimum Gasteiger partial charge on any atom is -0.368 e. The molecule has 1 N–H and O–H groups in total. The summed E-state index contributed by atoms with van der Waals surface area (Å²) in [7, 11) is 4.05. The highest BCUT2D eigenvalue weighted by Crippen LogP contribution is 2.35. The molecule has 0 aliphatic heterocycles. The van der Waals surface area contributed by atoms with Crippen LogP contribution in [0.25, 0.3) is 0 Å². The fourth-order valence-electron chi connectivity index (χ4n) is 3.01. The predicted molar refractivity (Wildman–Crippen MR) is 91.9 cm³/mol. The monoisotopic (exact) mass is 312 g/mol. The number of carbonyl (C=O) groups is 1. The van der Waals surface area contributed by atoms with Crippen LogP contribution < -0.4 is 5.32 Å². The Morgan fingerprint density at radius 3 is 2.50 bits per heavy atom. The van der Waals surface area contributed by atoms with E-state index in [1.54, 1.807) is 0 Å². The maximum atomic E-state index is 12.1. The SMILES string of the molecule is CC(C)[C@@H]1CC[C@@H](C)C[C@@H]1OCC(=O)NCC(C)(C)N(C)C. The van der Waals surface area contributed by atoms with Gasteiger partial charge in [0.1, 0.15) is 6.61 Å². The first-order chi connectivity index (χ1) is 10.1. The van der Waals surface area contributed by atoms with Crippen molar-refractivity contribution in [2.45, 2.75) is 65.5 Å². The molecule has 1 fully saturated rings. The Kier molecular flexibility index (Phi) is 7.33. The van der Waals surface area contributed by atoms with Crippen LogP contribution >= 0.6 is 0 Å². The van der Waals surface area contributed by atoms with Gasteiger partial charge in [0.2, 0.25) is 5.91 Å². The number of carbonyl (C=O) groups excluding carboxylic acids is 1. The third kappa shape index (κ3) is 5.88. The van der Waals surface area contributed by atoms with Gasteiger partial charge in [0.25, 0.3) is 0 Å². The van der Waals surface area contributed by atoms with Crippen molar-refractivity contribution in [2.75, 3.05) is 27.2 Å². The summed E-state index contributed by atoms with van der Waals surface area (Å²) in [4.78, 5) is 14.2. The van der Waals surface area contributed by atoms with E-state index in [4.69, 9.17) is 4.74 Å². The molecule has 1 aliphatic rings. The number of rotatable bonds is 7. The van der Waals surface area contributed by atoms with Crippen molar-refractivity contribution in [3.8, 4) is 0 Å². The minimum absolute atomic E-state index is 0.00402. The number of nitrogens with zero attached hydrogens (tertiary/aromatic N) is 1. The van der Waals surface area contributed by atoms with Crippen LogP contribution in [-0.4, -0.2) is 49.7 Å². The molecule has 130 valence electrons. The number of nitrogens with one attached hydrogen (secondary N) is 1. The lowest BCUT2D eigenvalue weighted by atomic mass is 9.75. The van der Waals surface area contributed by atoms with Gasteiger partial charge in [-0.3, -0.25) is 4.79 Å². The lowest BCUT2D eigenvalue weighted by molar-refractivity contribution is -0.131. The summed E-state index contributed by atoms with van der Waals surface area (Å²) in [5.74, 6) is 1.90. The number of amides is 1. The molecule has 1 saturated carbocycles. The van der Waals surface area contributed by atoms with Crippen molar-refractivity contribution >= 4 is 5.91 Å². The van der Waals surface area contributed by atoms with E-state index in [0.29, 0.717) is 24.3 Å². The van der Waals surface area contributed by atoms with Crippen LogP contribution in [0.5, 0.6) is 0 Å². The molecule has 1 rings (SSSR count). The first-order valence-corrected chi connectivity index (χ1v) is 8.69. The van der Waals surface area contributed by atoms with E-state index in [2.05, 4.69) is 44.8 Å². The zero-order valence-corrected chi connectivity index (χ0v) is 15.6. The Morgan fingerprint density at radius 1 is 1.32 bits per heavy atom. The molecule has 22 heavy (non-hydrogen) atoms. The molecule has 4 nitrogen and oxygen atoms in total. The zero-order valence-electron chi connectivity index (χ0n) is 15.6. The van der Waals surface area contributed by atoms with Crippen LogP contribution in [0.2, 0.25) is 0 Å². The fraction of sp³-hybridized carbons (Fsp3) is 0.944. The molecule has 0 saturated heterocycles. The van der Waals surface area contributed by atoms with Gasteiger partial charge in [0, 0.05) is 12.1 Å². The molecular formula is C18H36N2O2. The van der Waals surface area contributed by atoms with Crippen molar-refractivity contribution < 1.29 is 9.53 Å². The number of likely N-dealkylation sites (N-methyl/N-ethyl adjacent to an activating group) is 1. The number of ether oxygens (including phenoxy) is 1. The highest BCUT2D eigenvalue weighted by molar-refractivity contribution is 5.77. The molecule has 0 spiro atoms. The van der Waals surface area contributed by atoms with Gasteiger partial charge in [0.05, 0.1) is 6.10 Å². The summed E-state index contributed by atoms with van der Waals surface area (Å²) >= 11 is 0. The molecule has 3 atom stereocenters. The molecule has 0 radical (unpaired) electrons. The van der Waals surface area contributed by atoms with E-state index in [9.17, 15) is 4.79 Å². The van der Waals surface area contributed by atoms with Crippen molar-refractivity contribution in [3.05, 3.63) is 0 Å². The van der Waals surface area contributed by atoms with E-state index >= 15 is 0 Å². The van der Waals surface area contributed by atoms with Gasteiger partial charge < -0.3 is 15.0 Å². The molecule has 0 unspecified atom stereocenters. The Labute approximate surface area is 137 Å². The van der Waals surface area contributed by atoms with E-state index < -0.39 is 0 Å². The molecule has 0 aromatic rings. The zero-order chi connectivity index (χ0) is 16.9. The van der Waals surface area contributed by atoms with Crippen LogP contribution in [0.4, 0.5) is 0 Å². The predicted octanol–water partition coefficient (Wildman–Crippen LogP) is 2.92. The molecule has 0 bridgehead atoms. The van der Waals surface area contributed by atoms with E-state index in [-0.39, 0.29) is 24.2 Å². The van der Waals surface area contributed by atoms with E-state index in [1.165, 1.54) is 12.8 Å². The standard InChI is InChI=1S/C18H36N2O2/c1-13(2)15-9-8-14(3)10-16(15)22-11-17(21)19-12-18(4,5)20(6)7/h13-16H,8-12H2,1-7H3,(H,19,21)/t14-,15+,16+/m1/s1. The largest absolute Gasteiger partial charge is 0.368 e. The average Bonchev–Trinajstić information content (AvgIpc) is 2.42. The molecule has 1 amide bonds. The molecule has 0 aromatic heterocycles. The Balaban J connectivity index is 2.41. The molecule has 0 heterocycles. The highest BCUT2D eigenvalue weighted by Gasteiger charge is 2.31. The second-order valence-corrected chi connectivity index (χ2v) is 8.16. The lowest BCUT2D eigenvalue weighted by Gasteiger charge is -2.37. The quantitative estimate of drug-likeness (QED) is 0.786. The maximum absolute atomic E-state index is 12.1. The van der Waals surface area contributed by atoms with Crippen LogP contribution in [0.15, 0.2) is 0 Å². The molecular weight excluding hydrogens is 276 g/mol. The summed E-state index contributed by atoms with van der Waals surface area (Å²) in [6, 6.07) is 0. The van der Waals surface area contributed by atoms with Gasteiger partial charge in [0.15, 0.2) is 0 Å².